The summed E-state index contributed by atoms with van der Waals surface area (Å²) in [5, 5.41) is 10.2. The highest BCUT2D eigenvalue weighted by Crippen LogP contribution is 2.46. The number of hydrogen-bond donors (Lipinski definition) is 3. The molecule has 6 rings (SSSR count). The molecule has 0 saturated heterocycles. The zero-order chi connectivity index (χ0) is 38.1. The van der Waals surface area contributed by atoms with Gasteiger partial charge in [-0.2, -0.15) is 16.8 Å². The molecule has 0 atom stereocenters. The molecule has 4 aromatic rings. The largest absolute Gasteiger partial charge is 0.508 e. The molecule has 4 aromatic carbocycles. The minimum atomic E-state index is -5.14. The minimum absolute atomic E-state index is 0.0183. The fourth-order valence-corrected chi connectivity index (χ4v) is 7.78. The lowest BCUT2D eigenvalue weighted by Crippen LogP contribution is -2.21. The predicted octanol–water partition coefficient (Wildman–Crippen LogP) is 7.96. The van der Waals surface area contributed by atoms with Crippen molar-refractivity contribution in [2.75, 3.05) is 25.1 Å². The number of hydrogen-bond acceptors (Lipinski definition) is 9. The van der Waals surface area contributed by atoms with E-state index in [1.807, 2.05) is 54.6 Å². The lowest BCUT2D eigenvalue weighted by atomic mass is 9.93. The molecule has 0 bridgehead atoms. The van der Waals surface area contributed by atoms with Crippen molar-refractivity contribution < 1.29 is 40.2 Å². The second kappa shape index (κ2) is 14.7. The van der Waals surface area contributed by atoms with Crippen LogP contribution in [0.25, 0.3) is 57.7 Å². The number of fused-ring (bicyclic) bond motifs is 2. The molecule has 0 aromatic heterocycles. The monoisotopic (exact) mass is 753 g/mol. The van der Waals surface area contributed by atoms with Crippen molar-refractivity contribution in [1.29, 1.82) is 0 Å². The van der Waals surface area contributed by atoms with Crippen molar-refractivity contribution in [2.24, 2.45) is 0 Å². The van der Waals surface area contributed by atoms with Gasteiger partial charge in [0, 0.05) is 64.6 Å². The number of methoxy groups -OCH3 is 1. The third-order valence-electron chi connectivity index (χ3n) is 8.78. The Hall–Kier alpha value is -5.73. The van der Waals surface area contributed by atoms with Crippen molar-refractivity contribution in [3.63, 3.8) is 0 Å². The number of anilines is 1. The molecule has 0 amide bonds. The smallest absolute Gasteiger partial charge is 0.295 e. The molecule has 2 aliphatic rings. The van der Waals surface area contributed by atoms with Crippen LogP contribution >= 0.6 is 0 Å². The van der Waals surface area contributed by atoms with E-state index in [4.69, 9.17) is 9.15 Å². The number of phenolic OH excluding ortho intramolecular Hbond substituents is 1. The summed E-state index contributed by atoms with van der Waals surface area (Å²) in [5.41, 5.74) is 2.60. The predicted molar refractivity (Wildman–Crippen MR) is 207 cm³/mol. The number of aromatic hydroxyl groups is 1. The van der Waals surface area contributed by atoms with E-state index in [2.05, 4.69) is 18.7 Å². The maximum atomic E-state index is 13.0. The van der Waals surface area contributed by atoms with Gasteiger partial charge in [-0.1, -0.05) is 48.6 Å². The molecule has 1 heterocycles. The highest BCUT2D eigenvalue weighted by Gasteiger charge is 2.31. The van der Waals surface area contributed by atoms with Crippen molar-refractivity contribution in [2.45, 2.75) is 23.6 Å². The van der Waals surface area contributed by atoms with Gasteiger partial charge in [-0.05, 0) is 79.1 Å². The SMILES string of the molecule is CCN(CC)c1ccc(/C=C/c2ccc(/C=C/c3cc(S(=O)(=O)O)c(-c4c5ccc(=O)cc-5oc5cc(O)ccc45)c(S(=O)(=O)O)c3)cc2)c(OC)c1. The minimum Gasteiger partial charge on any atom is -0.508 e. The van der Waals surface area contributed by atoms with E-state index in [-0.39, 0.29) is 39.2 Å². The molecule has 3 N–H and O–H groups in total. The third-order valence-corrected chi connectivity index (χ3v) is 10.5. The molecule has 0 unspecified atom stereocenters. The molecular weight excluding hydrogens is 719 g/mol. The Morgan fingerprint density at radius 3 is 1.89 bits per heavy atom. The standard InChI is InChI=1S/C40H35NO10S2/c1-4-41(5-2)29-15-14-28(34(22-29)50-3)13-12-26-8-6-25(7-9-26)10-11-27-20-37(52(44,45)46)40(38(21-27)53(47,48)49)39-32-18-16-30(42)23-35(32)51-36-24-31(43)17-19-33(36)39/h6-24,42H,4-5H2,1-3H3,(H,44,45,46)(H,47,48,49)/b11-10+,13-12+. The number of phenols is 1. The van der Waals surface area contributed by atoms with Crippen LogP contribution in [0.2, 0.25) is 0 Å². The van der Waals surface area contributed by atoms with Crippen LogP contribution in [0.3, 0.4) is 0 Å². The Bertz CT molecular complexity index is 2600. The van der Waals surface area contributed by atoms with E-state index in [0.29, 0.717) is 5.56 Å². The summed E-state index contributed by atoms with van der Waals surface area (Å²) in [7, 11) is -8.66. The van der Waals surface area contributed by atoms with Gasteiger partial charge in [0.25, 0.3) is 20.2 Å². The van der Waals surface area contributed by atoms with Crippen molar-refractivity contribution in [3.8, 4) is 33.9 Å². The number of ether oxygens (including phenoxy) is 1. The lowest BCUT2D eigenvalue weighted by Gasteiger charge is -2.22. The first-order valence-electron chi connectivity index (χ1n) is 16.4. The van der Waals surface area contributed by atoms with Gasteiger partial charge in [0.05, 0.1) is 7.11 Å². The van der Waals surface area contributed by atoms with Gasteiger partial charge >= 0.3 is 0 Å². The van der Waals surface area contributed by atoms with Crippen LogP contribution in [0.4, 0.5) is 5.69 Å². The van der Waals surface area contributed by atoms with Crippen molar-refractivity contribution >= 4 is 61.2 Å². The topological polar surface area (TPSA) is 172 Å². The van der Waals surface area contributed by atoms with Gasteiger partial charge in [0.15, 0.2) is 5.43 Å². The zero-order valence-corrected chi connectivity index (χ0v) is 30.5. The summed E-state index contributed by atoms with van der Waals surface area (Å²) in [4.78, 5) is 12.8. The normalized spacial score (nSPS) is 12.3. The fourth-order valence-electron chi connectivity index (χ4n) is 6.21. The summed E-state index contributed by atoms with van der Waals surface area (Å²) in [5.74, 6) is 0.465. The van der Waals surface area contributed by atoms with Crippen LogP contribution in [0.15, 0.2) is 110 Å². The van der Waals surface area contributed by atoms with E-state index in [1.54, 1.807) is 13.2 Å². The van der Waals surface area contributed by atoms with E-state index in [9.17, 15) is 35.8 Å². The van der Waals surface area contributed by atoms with Gasteiger partial charge in [-0.3, -0.25) is 13.9 Å². The maximum Gasteiger partial charge on any atom is 0.295 e. The Balaban J connectivity index is 1.40. The molecule has 11 nitrogen and oxygen atoms in total. The Morgan fingerprint density at radius 1 is 0.698 bits per heavy atom. The molecular formula is C40H35NO10S2. The van der Waals surface area contributed by atoms with E-state index in [0.717, 1.165) is 53.9 Å². The molecule has 272 valence electrons. The summed E-state index contributed by atoms with van der Waals surface area (Å²) in [6.07, 6.45) is 6.93. The van der Waals surface area contributed by atoms with E-state index >= 15 is 0 Å². The zero-order valence-electron chi connectivity index (χ0n) is 28.8. The fraction of sp³-hybridized carbons (Fsp3) is 0.125. The second-order valence-electron chi connectivity index (χ2n) is 12.1. The molecule has 1 aliphatic carbocycles. The average Bonchev–Trinajstić information content (AvgIpc) is 3.12. The number of nitrogens with zero attached hydrogens (tertiary/aromatic N) is 1. The van der Waals surface area contributed by atoms with Crippen molar-refractivity contribution in [3.05, 3.63) is 123 Å². The molecule has 0 saturated carbocycles. The van der Waals surface area contributed by atoms with Gasteiger partial charge < -0.3 is 19.2 Å². The van der Waals surface area contributed by atoms with Gasteiger partial charge in [-0.15, -0.1) is 0 Å². The van der Waals surface area contributed by atoms with Crippen LogP contribution < -0.4 is 15.1 Å². The van der Waals surface area contributed by atoms with Crippen LogP contribution in [0.5, 0.6) is 11.5 Å². The molecule has 0 spiro atoms. The lowest BCUT2D eigenvalue weighted by molar-refractivity contribution is 0.414. The molecule has 13 heteroatoms. The van der Waals surface area contributed by atoms with Gasteiger partial charge in [0.1, 0.15) is 32.6 Å². The number of rotatable bonds is 11. The summed E-state index contributed by atoms with van der Waals surface area (Å²) in [6, 6.07) is 23.0. The maximum absolute atomic E-state index is 13.0. The van der Waals surface area contributed by atoms with Gasteiger partial charge in [-0.25, -0.2) is 0 Å². The number of benzene rings is 5. The highest BCUT2D eigenvalue weighted by molar-refractivity contribution is 7.87. The molecule has 0 fully saturated rings. The molecule has 0 radical (unpaired) electrons. The first kappa shape index (κ1) is 37.0. The summed E-state index contributed by atoms with van der Waals surface area (Å²) < 4.78 is 84.2. The van der Waals surface area contributed by atoms with Crippen LogP contribution in [0, 0.1) is 0 Å². The van der Waals surface area contributed by atoms with Crippen LogP contribution in [-0.4, -0.2) is 51.2 Å². The summed E-state index contributed by atoms with van der Waals surface area (Å²) in [6.45, 7) is 5.94. The van der Waals surface area contributed by atoms with Crippen molar-refractivity contribution in [1.82, 2.24) is 0 Å². The van der Waals surface area contributed by atoms with Gasteiger partial charge in [0.2, 0.25) is 0 Å². The Labute approximate surface area is 306 Å². The summed E-state index contributed by atoms with van der Waals surface area (Å²) >= 11 is 0. The highest BCUT2D eigenvalue weighted by atomic mass is 32.2. The molecule has 53 heavy (non-hydrogen) atoms. The Morgan fingerprint density at radius 2 is 1.30 bits per heavy atom. The van der Waals surface area contributed by atoms with Crippen LogP contribution in [0.1, 0.15) is 36.1 Å². The van der Waals surface area contributed by atoms with E-state index < -0.39 is 41.0 Å². The Kier molecular flexibility index (Phi) is 10.3. The van der Waals surface area contributed by atoms with Crippen LogP contribution in [-0.2, 0) is 20.2 Å². The van der Waals surface area contributed by atoms with E-state index in [1.165, 1.54) is 36.4 Å². The first-order chi connectivity index (χ1) is 25.2. The first-order valence-corrected chi connectivity index (χ1v) is 19.3. The average molecular weight is 754 g/mol. The third kappa shape index (κ3) is 7.88. The quantitative estimate of drug-likeness (QED) is 0.0666. The molecule has 1 aliphatic heterocycles. The second-order valence-corrected chi connectivity index (χ2v) is 14.9.